The Balaban J connectivity index is 1.76. The second kappa shape index (κ2) is 12.1. The van der Waals surface area contributed by atoms with Gasteiger partial charge in [0.15, 0.2) is 0 Å². The predicted molar refractivity (Wildman–Crippen MR) is 133 cm³/mol. The van der Waals surface area contributed by atoms with Crippen molar-refractivity contribution in [1.82, 2.24) is 5.32 Å². The van der Waals surface area contributed by atoms with E-state index in [9.17, 15) is 9.90 Å². The standard InChI is InChI=1S/C28H33NO5/c1-29-27(30)7-5-4-6-20-34-26-18-12-23(13-19-26)28(31,21-8-14-24(32-2)15-9-21)22-10-16-25(33-3)17-11-22/h8-19,31H,4-7,20H2,1-3H3,(H,29,30). The molecule has 0 bridgehead atoms. The van der Waals surface area contributed by atoms with Crippen LogP contribution in [-0.2, 0) is 10.4 Å². The van der Waals surface area contributed by atoms with Crippen LogP contribution in [0.5, 0.6) is 17.2 Å². The average Bonchev–Trinajstić information content (AvgIpc) is 2.90. The maximum atomic E-state index is 12.0. The molecule has 180 valence electrons. The van der Waals surface area contributed by atoms with Gasteiger partial charge in [0.05, 0.1) is 20.8 Å². The highest BCUT2D eigenvalue weighted by Crippen LogP contribution is 2.38. The van der Waals surface area contributed by atoms with Gasteiger partial charge in [-0.1, -0.05) is 36.4 Å². The second-order valence-electron chi connectivity index (χ2n) is 8.02. The quantitative estimate of drug-likeness (QED) is 0.301. The van der Waals surface area contributed by atoms with E-state index in [-0.39, 0.29) is 5.91 Å². The fourth-order valence-electron chi connectivity index (χ4n) is 3.84. The fourth-order valence-corrected chi connectivity index (χ4v) is 3.84. The lowest BCUT2D eigenvalue weighted by Crippen LogP contribution is -2.28. The van der Waals surface area contributed by atoms with E-state index in [1.165, 1.54) is 0 Å². The molecule has 0 aliphatic rings. The van der Waals surface area contributed by atoms with E-state index in [4.69, 9.17) is 14.2 Å². The maximum absolute atomic E-state index is 12.0. The van der Waals surface area contributed by atoms with Crippen molar-refractivity contribution in [1.29, 1.82) is 0 Å². The first kappa shape index (κ1) is 25.1. The molecular weight excluding hydrogens is 430 g/mol. The Hall–Kier alpha value is -3.51. The van der Waals surface area contributed by atoms with Crippen LogP contribution >= 0.6 is 0 Å². The van der Waals surface area contributed by atoms with Gasteiger partial charge in [-0.2, -0.15) is 0 Å². The van der Waals surface area contributed by atoms with Crippen LogP contribution in [0.15, 0.2) is 72.8 Å². The summed E-state index contributed by atoms with van der Waals surface area (Å²) in [5.41, 5.74) is 0.809. The highest BCUT2D eigenvalue weighted by molar-refractivity contribution is 5.75. The van der Waals surface area contributed by atoms with E-state index >= 15 is 0 Å². The van der Waals surface area contributed by atoms with E-state index < -0.39 is 5.60 Å². The summed E-state index contributed by atoms with van der Waals surface area (Å²) in [6.45, 7) is 0.578. The number of amides is 1. The van der Waals surface area contributed by atoms with Crippen molar-refractivity contribution in [3.8, 4) is 17.2 Å². The Morgan fingerprint density at radius 1 is 0.735 bits per heavy atom. The van der Waals surface area contributed by atoms with Crippen molar-refractivity contribution in [2.24, 2.45) is 0 Å². The van der Waals surface area contributed by atoms with Crippen LogP contribution in [-0.4, -0.2) is 38.9 Å². The van der Waals surface area contributed by atoms with Gasteiger partial charge < -0.3 is 24.6 Å². The molecule has 6 nitrogen and oxygen atoms in total. The molecule has 0 saturated carbocycles. The lowest BCUT2D eigenvalue weighted by Gasteiger charge is -2.30. The molecule has 1 amide bonds. The third-order valence-electron chi connectivity index (χ3n) is 5.88. The fraction of sp³-hybridized carbons (Fsp3) is 0.321. The zero-order chi connectivity index (χ0) is 24.4. The summed E-state index contributed by atoms with van der Waals surface area (Å²) in [5, 5.41) is 14.7. The third kappa shape index (κ3) is 6.08. The number of aliphatic hydroxyl groups is 1. The first-order chi connectivity index (χ1) is 16.5. The van der Waals surface area contributed by atoms with Gasteiger partial charge in [-0.15, -0.1) is 0 Å². The predicted octanol–water partition coefficient (Wildman–Crippen LogP) is 4.67. The summed E-state index contributed by atoms with van der Waals surface area (Å²) >= 11 is 0. The van der Waals surface area contributed by atoms with Crippen LogP contribution in [0.4, 0.5) is 0 Å². The highest BCUT2D eigenvalue weighted by Gasteiger charge is 2.34. The lowest BCUT2D eigenvalue weighted by atomic mass is 9.80. The van der Waals surface area contributed by atoms with E-state index in [0.29, 0.717) is 13.0 Å². The van der Waals surface area contributed by atoms with E-state index in [2.05, 4.69) is 5.32 Å². The van der Waals surface area contributed by atoms with Crippen molar-refractivity contribution in [2.45, 2.75) is 31.3 Å². The Labute approximate surface area is 201 Å². The van der Waals surface area contributed by atoms with Gasteiger partial charge in [-0.25, -0.2) is 0 Å². The number of carbonyl (C=O) groups is 1. The van der Waals surface area contributed by atoms with Gasteiger partial charge in [0.1, 0.15) is 22.8 Å². The molecule has 0 radical (unpaired) electrons. The zero-order valence-electron chi connectivity index (χ0n) is 20.0. The summed E-state index contributed by atoms with van der Waals surface area (Å²) in [6, 6.07) is 22.3. The summed E-state index contributed by atoms with van der Waals surface area (Å²) in [6.07, 6.45) is 3.19. The Bertz CT molecular complexity index is 982. The number of carbonyl (C=O) groups excluding carboxylic acids is 1. The molecule has 0 spiro atoms. The summed E-state index contributed by atoms with van der Waals surface area (Å²) in [7, 11) is 4.89. The van der Waals surface area contributed by atoms with E-state index in [1.54, 1.807) is 21.3 Å². The Morgan fingerprint density at radius 3 is 1.59 bits per heavy atom. The minimum absolute atomic E-state index is 0.0673. The van der Waals surface area contributed by atoms with Crippen LogP contribution in [0, 0.1) is 0 Å². The number of nitrogens with one attached hydrogen (secondary N) is 1. The maximum Gasteiger partial charge on any atom is 0.219 e. The molecule has 0 heterocycles. The third-order valence-corrected chi connectivity index (χ3v) is 5.88. The highest BCUT2D eigenvalue weighted by atomic mass is 16.5. The molecule has 2 N–H and O–H groups in total. The molecule has 0 fully saturated rings. The zero-order valence-corrected chi connectivity index (χ0v) is 20.0. The molecule has 6 heteroatoms. The summed E-state index contributed by atoms with van der Waals surface area (Å²) in [4.78, 5) is 11.3. The molecule has 0 aliphatic heterocycles. The smallest absolute Gasteiger partial charge is 0.219 e. The first-order valence-electron chi connectivity index (χ1n) is 11.5. The van der Waals surface area contributed by atoms with Gasteiger partial charge in [0, 0.05) is 13.5 Å². The molecule has 0 unspecified atom stereocenters. The minimum atomic E-state index is -1.36. The molecule has 3 aromatic rings. The van der Waals surface area contributed by atoms with Crippen molar-refractivity contribution in [2.75, 3.05) is 27.9 Å². The lowest BCUT2D eigenvalue weighted by molar-refractivity contribution is -0.120. The molecule has 0 aliphatic carbocycles. The van der Waals surface area contributed by atoms with Gasteiger partial charge in [0.2, 0.25) is 5.91 Å². The molecule has 0 atom stereocenters. The first-order valence-corrected chi connectivity index (χ1v) is 11.5. The molecule has 3 rings (SSSR count). The second-order valence-corrected chi connectivity index (χ2v) is 8.02. The van der Waals surface area contributed by atoms with Crippen LogP contribution in [0.1, 0.15) is 42.4 Å². The van der Waals surface area contributed by atoms with Crippen molar-refractivity contribution >= 4 is 5.91 Å². The average molecular weight is 464 g/mol. The minimum Gasteiger partial charge on any atom is -0.497 e. The summed E-state index contributed by atoms with van der Waals surface area (Å²) < 4.78 is 16.4. The van der Waals surface area contributed by atoms with Crippen LogP contribution in [0.2, 0.25) is 0 Å². The Kier molecular flexibility index (Phi) is 8.93. The number of unbranched alkanes of at least 4 members (excludes halogenated alkanes) is 2. The molecular formula is C28H33NO5. The number of methoxy groups -OCH3 is 2. The van der Waals surface area contributed by atoms with Crippen molar-refractivity contribution in [3.05, 3.63) is 89.5 Å². The van der Waals surface area contributed by atoms with Crippen LogP contribution < -0.4 is 19.5 Å². The summed E-state index contributed by atoms with van der Waals surface area (Å²) in [5.74, 6) is 2.25. The molecule has 0 aromatic heterocycles. The van der Waals surface area contributed by atoms with Gasteiger partial charge >= 0.3 is 0 Å². The topological polar surface area (TPSA) is 77.0 Å². The van der Waals surface area contributed by atoms with E-state index in [0.717, 1.165) is 53.2 Å². The van der Waals surface area contributed by atoms with Crippen LogP contribution in [0.3, 0.4) is 0 Å². The van der Waals surface area contributed by atoms with Crippen LogP contribution in [0.25, 0.3) is 0 Å². The molecule has 3 aromatic carbocycles. The number of benzene rings is 3. The van der Waals surface area contributed by atoms with E-state index in [1.807, 2.05) is 72.8 Å². The number of rotatable bonds is 12. The van der Waals surface area contributed by atoms with Gasteiger partial charge in [-0.3, -0.25) is 4.79 Å². The molecule has 0 saturated heterocycles. The number of hydrogen-bond donors (Lipinski definition) is 2. The number of hydrogen-bond acceptors (Lipinski definition) is 5. The largest absolute Gasteiger partial charge is 0.497 e. The molecule has 34 heavy (non-hydrogen) atoms. The Morgan fingerprint density at radius 2 is 1.18 bits per heavy atom. The van der Waals surface area contributed by atoms with Crippen molar-refractivity contribution < 1.29 is 24.1 Å². The number of ether oxygens (including phenoxy) is 3. The van der Waals surface area contributed by atoms with Gasteiger partial charge in [0.25, 0.3) is 0 Å². The monoisotopic (exact) mass is 463 g/mol. The normalized spacial score (nSPS) is 11.1. The van der Waals surface area contributed by atoms with Crippen molar-refractivity contribution in [3.63, 3.8) is 0 Å². The SMILES string of the molecule is CNC(=O)CCCCCOc1ccc(C(O)(c2ccc(OC)cc2)c2ccc(OC)cc2)cc1. The van der Waals surface area contributed by atoms with Gasteiger partial charge in [-0.05, 0) is 72.4 Å².